The average molecular weight is 782 g/mol. The second kappa shape index (κ2) is 18.1. The van der Waals surface area contributed by atoms with Crippen molar-refractivity contribution in [3.8, 4) is 11.3 Å². The molecule has 0 radical (unpaired) electrons. The van der Waals surface area contributed by atoms with Gasteiger partial charge in [0.15, 0.2) is 17.7 Å². The van der Waals surface area contributed by atoms with Crippen LogP contribution in [-0.4, -0.2) is 141 Å². The topological polar surface area (TPSA) is 175 Å². The lowest BCUT2D eigenvalue weighted by Crippen LogP contribution is -2.61. The monoisotopic (exact) mass is 781 g/mol. The molecule has 1 aromatic carbocycles. The van der Waals surface area contributed by atoms with Gasteiger partial charge in [-0.1, -0.05) is 37.3 Å². The normalized spacial score (nSPS) is 34.8. The molecule has 11 atom stereocenters. The number of aliphatic hydroxyl groups is 1. The van der Waals surface area contributed by atoms with Crippen LogP contribution in [0.15, 0.2) is 42.1 Å². The molecule has 5 rings (SSSR count). The summed E-state index contributed by atoms with van der Waals surface area (Å²) in [4.78, 5) is 47.5. The number of ether oxygens (including phenoxy) is 4. The number of hydrogen-bond acceptors (Lipinski definition) is 13. The van der Waals surface area contributed by atoms with Gasteiger partial charge in [-0.2, -0.15) is 0 Å². The maximum absolute atomic E-state index is 14.1. The van der Waals surface area contributed by atoms with Gasteiger partial charge in [-0.3, -0.25) is 24.1 Å². The zero-order chi connectivity index (χ0) is 41.1. The number of nitrogens with zero attached hydrogens (tertiary/aromatic N) is 6. The molecule has 0 spiro atoms. The minimum absolute atomic E-state index is 0.180. The minimum Gasteiger partial charge on any atom is -0.458 e. The predicted molar refractivity (Wildman–Crippen MR) is 211 cm³/mol. The van der Waals surface area contributed by atoms with Crippen LogP contribution in [0.1, 0.15) is 74.1 Å². The first-order chi connectivity index (χ1) is 26.5. The van der Waals surface area contributed by atoms with Crippen LogP contribution < -0.4 is 5.73 Å². The number of carbonyl (C=O) groups is 3. The Balaban J connectivity index is 1.38. The summed E-state index contributed by atoms with van der Waals surface area (Å²) in [6.07, 6.45) is 2.06. The number of likely N-dealkylation sites (N-methyl/N-ethyl adjacent to an activating group) is 2. The number of benzene rings is 1. The Kier molecular flexibility index (Phi) is 14.0. The van der Waals surface area contributed by atoms with Crippen LogP contribution in [0.3, 0.4) is 0 Å². The number of rotatable bonds is 10. The highest BCUT2D eigenvalue weighted by atomic mass is 16.7. The summed E-state index contributed by atoms with van der Waals surface area (Å²) in [6.45, 7) is 14.3. The molecular formula is C41H63N7O8. The molecule has 15 heteroatoms. The number of fused-ring (bicyclic) bond motifs is 1. The van der Waals surface area contributed by atoms with E-state index < -0.39 is 60.1 Å². The molecule has 2 saturated heterocycles. The first-order valence-electron chi connectivity index (χ1n) is 20.0. The quantitative estimate of drug-likeness (QED) is 0.116. The van der Waals surface area contributed by atoms with E-state index >= 15 is 0 Å². The maximum atomic E-state index is 14.1. The zero-order valence-corrected chi connectivity index (χ0v) is 34.8. The van der Waals surface area contributed by atoms with Crippen molar-refractivity contribution in [1.29, 1.82) is 0 Å². The van der Waals surface area contributed by atoms with Gasteiger partial charge in [0.05, 0.1) is 24.4 Å². The average Bonchev–Trinajstić information content (AvgIpc) is 3.74. The summed E-state index contributed by atoms with van der Waals surface area (Å²) in [5.74, 6) is -2.95. The number of aryl methyl sites for hydroxylation is 1. The number of aromatic nitrogens is 3. The summed E-state index contributed by atoms with van der Waals surface area (Å²) >= 11 is 0. The SMILES string of the molecule is CC[C@H]1OC(=O)[C@H](C)C(=O)[C@H](C)[C@@H](O[C@@H]2O[C@H](C)CC(N(C)C)C2O)/C(C)=C/CN(C)[C@H](C)[C@H]2N(CCCCn3cc(-c4cccc(N)c4)nn3)C(=O)O[C@]12C. The van der Waals surface area contributed by atoms with Crippen molar-refractivity contribution in [3.05, 3.63) is 42.1 Å². The second-order valence-electron chi connectivity index (χ2n) is 16.4. The second-order valence-corrected chi connectivity index (χ2v) is 16.4. The number of esters is 1. The molecule has 1 aromatic heterocycles. The summed E-state index contributed by atoms with van der Waals surface area (Å²) in [7, 11) is 5.78. The summed E-state index contributed by atoms with van der Waals surface area (Å²) < 4.78 is 26.8. The van der Waals surface area contributed by atoms with Gasteiger partial charge in [-0.15, -0.1) is 5.10 Å². The van der Waals surface area contributed by atoms with E-state index in [1.807, 2.05) is 97.2 Å². The van der Waals surface area contributed by atoms with E-state index in [2.05, 4.69) is 15.2 Å². The Morgan fingerprint density at radius 2 is 1.82 bits per heavy atom. The number of carbonyl (C=O) groups excluding carboxylic acids is 3. The van der Waals surface area contributed by atoms with Crippen LogP contribution in [0.4, 0.5) is 10.5 Å². The third-order valence-corrected chi connectivity index (χ3v) is 12.0. The third kappa shape index (κ3) is 9.28. The smallest absolute Gasteiger partial charge is 0.410 e. The van der Waals surface area contributed by atoms with Crippen LogP contribution in [0, 0.1) is 11.8 Å². The highest BCUT2D eigenvalue weighted by Crippen LogP contribution is 2.40. The summed E-state index contributed by atoms with van der Waals surface area (Å²) in [5, 5.41) is 19.9. The summed E-state index contributed by atoms with van der Waals surface area (Å²) in [5.41, 5.74) is 7.78. The van der Waals surface area contributed by atoms with Crippen LogP contribution in [0.2, 0.25) is 0 Å². The van der Waals surface area contributed by atoms with E-state index in [9.17, 15) is 19.5 Å². The van der Waals surface area contributed by atoms with E-state index in [1.54, 1.807) is 23.4 Å². The molecule has 3 aliphatic rings. The number of nitrogens with two attached hydrogens (primary N) is 1. The number of Topliss-reactive ketones (excluding diaryl/α,β-unsaturated/α-hetero) is 1. The first kappa shape index (κ1) is 43.2. The van der Waals surface area contributed by atoms with E-state index in [0.717, 1.165) is 23.3 Å². The first-order valence-corrected chi connectivity index (χ1v) is 20.0. The number of amides is 1. The van der Waals surface area contributed by atoms with Crippen molar-refractivity contribution in [1.82, 2.24) is 29.7 Å². The van der Waals surface area contributed by atoms with Crippen molar-refractivity contribution in [2.24, 2.45) is 11.8 Å². The Bertz CT molecular complexity index is 1720. The fourth-order valence-corrected chi connectivity index (χ4v) is 8.49. The highest BCUT2D eigenvalue weighted by molar-refractivity contribution is 6.00. The van der Waals surface area contributed by atoms with Gasteiger partial charge >= 0.3 is 12.1 Å². The molecule has 0 aliphatic carbocycles. The molecule has 2 aromatic rings. The van der Waals surface area contributed by atoms with Gasteiger partial charge in [-0.05, 0) is 99.2 Å². The van der Waals surface area contributed by atoms with Crippen LogP contribution in [0.5, 0.6) is 0 Å². The van der Waals surface area contributed by atoms with Gasteiger partial charge in [-0.25, -0.2) is 4.79 Å². The van der Waals surface area contributed by atoms with Crippen molar-refractivity contribution >= 4 is 23.5 Å². The van der Waals surface area contributed by atoms with Crippen molar-refractivity contribution in [2.45, 2.75) is 135 Å². The molecule has 56 heavy (non-hydrogen) atoms. The number of aliphatic hydroxyl groups excluding tert-OH is 1. The molecular weight excluding hydrogens is 718 g/mol. The number of ketones is 1. The standard InChI is InChI=1S/C41H63N7O8/c1-11-33-41(7)37(48(40(52)56-41)19-13-12-18-47-23-31(43-44-47)29-15-14-16-30(42)22-29)28(6)46(10)20-17-24(2)36(26(4)34(49)27(5)38(51)54-33)55-39-35(50)32(45(8)9)21-25(3)53-39/h14-17,22-23,25-28,32-33,35-37,39,50H,11-13,18-21,42H2,1-10H3/b24-17+/t25-,26+,27-,28-,32?,33-,35?,36+,37-,39+,41-/m1/s1. The van der Waals surface area contributed by atoms with Crippen LogP contribution >= 0.6 is 0 Å². The summed E-state index contributed by atoms with van der Waals surface area (Å²) in [6, 6.07) is 6.55. The molecule has 3 aliphatic heterocycles. The maximum Gasteiger partial charge on any atom is 0.410 e. The molecule has 1 amide bonds. The minimum atomic E-state index is -1.20. The van der Waals surface area contributed by atoms with Crippen molar-refractivity contribution < 1.29 is 38.4 Å². The van der Waals surface area contributed by atoms with E-state index in [-0.39, 0.29) is 24.0 Å². The van der Waals surface area contributed by atoms with Crippen LogP contribution in [0.25, 0.3) is 11.3 Å². The van der Waals surface area contributed by atoms with E-state index in [0.29, 0.717) is 44.6 Å². The molecule has 310 valence electrons. The molecule has 3 N–H and O–H groups in total. The Morgan fingerprint density at radius 3 is 2.50 bits per heavy atom. The van der Waals surface area contributed by atoms with Gasteiger partial charge in [0.1, 0.15) is 23.8 Å². The van der Waals surface area contributed by atoms with Crippen molar-refractivity contribution in [2.75, 3.05) is 40.0 Å². The largest absolute Gasteiger partial charge is 0.458 e. The predicted octanol–water partition coefficient (Wildman–Crippen LogP) is 4.14. The Hall–Kier alpha value is -3.89. The number of cyclic esters (lactones) is 1. The Morgan fingerprint density at radius 1 is 1.11 bits per heavy atom. The lowest BCUT2D eigenvalue weighted by Gasteiger charge is -2.43. The molecule has 15 nitrogen and oxygen atoms in total. The molecule has 4 heterocycles. The lowest BCUT2D eigenvalue weighted by molar-refractivity contribution is -0.267. The van der Waals surface area contributed by atoms with Gasteiger partial charge < -0.3 is 34.7 Å². The Labute approximate surface area is 331 Å². The fraction of sp³-hybridized carbons (Fsp3) is 0.683. The zero-order valence-electron chi connectivity index (χ0n) is 34.8. The third-order valence-electron chi connectivity index (χ3n) is 12.0. The molecule has 0 bridgehead atoms. The number of nitrogen functional groups attached to an aromatic ring is 1. The number of anilines is 1. The highest BCUT2D eigenvalue weighted by Gasteiger charge is 2.59. The van der Waals surface area contributed by atoms with Gasteiger partial charge in [0.25, 0.3) is 0 Å². The lowest BCUT2D eigenvalue weighted by atomic mass is 9.83. The van der Waals surface area contributed by atoms with Gasteiger partial charge in [0.2, 0.25) is 0 Å². The molecule has 2 unspecified atom stereocenters. The number of unbranched alkanes of at least 4 members (excludes halogenated alkanes) is 1. The van der Waals surface area contributed by atoms with Crippen molar-refractivity contribution in [3.63, 3.8) is 0 Å². The molecule has 2 fully saturated rings. The van der Waals surface area contributed by atoms with Crippen LogP contribution in [-0.2, 0) is 35.1 Å². The van der Waals surface area contributed by atoms with E-state index in [4.69, 9.17) is 24.7 Å². The molecule has 0 saturated carbocycles. The van der Waals surface area contributed by atoms with E-state index in [1.165, 1.54) is 0 Å². The fourth-order valence-electron chi connectivity index (χ4n) is 8.49. The van der Waals surface area contributed by atoms with Gasteiger partial charge in [0, 0.05) is 48.9 Å². The number of hydrogen-bond donors (Lipinski definition) is 2.